The standard InChI is InChI=1S/C4H7N3O2/c1-6-3-2-4(5-6)7(8)9/h2-3H2,1H3/q+1. The minimum absolute atomic E-state index is 0.0671. The van der Waals surface area contributed by atoms with Gasteiger partial charge in [0.05, 0.1) is 13.6 Å². The first-order chi connectivity index (χ1) is 4.20. The van der Waals surface area contributed by atoms with E-state index in [9.17, 15) is 10.1 Å². The number of hydrogen-bond donors (Lipinski definition) is 0. The summed E-state index contributed by atoms with van der Waals surface area (Å²) in [6, 6.07) is 0. The van der Waals surface area contributed by atoms with E-state index in [4.69, 9.17) is 0 Å². The quantitative estimate of drug-likeness (QED) is 0.319. The predicted octanol–water partition coefficient (Wildman–Crippen LogP) is -0.752. The number of hydrogen-bond acceptors (Lipinski definition) is 4. The number of nitro groups is 1. The number of nitrogens with zero attached hydrogens (tertiary/aromatic N) is 3. The Balaban J connectivity index is 2.62. The minimum atomic E-state index is -0.441. The van der Waals surface area contributed by atoms with Crippen molar-refractivity contribution in [3.8, 4) is 0 Å². The summed E-state index contributed by atoms with van der Waals surface area (Å²) in [6.45, 7) is 0.663. The van der Waals surface area contributed by atoms with E-state index >= 15 is 0 Å². The Labute approximate surface area is 52.1 Å². The summed E-state index contributed by atoms with van der Waals surface area (Å²) in [7, 11) is 1.72. The maximum atomic E-state index is 10.00. The fourth-order valence-electron chi connectivity index (χ4n) is 0.687. The molecular weight excluding hydrogens is 122 g/mol. The molecule has 49 valence electrons. The summed E-state index contributed by atoms with van der Waals surface area (Å²) < 4.78 is 0. The number of hydrazone groups is 1. The van der Waals surface area contributed by atoms with Gasteiger partial charge in [-0.1, -0.05) is 0 Å². The van der Waals surface area contributed by atoms with Crippen molar-refractivity contribution in [3.63, 3.8) is 0 Å². The Hall–Kier alpha value is -1.13. The van der Waals surface area contributed by atoms with Gasteiger partial charge in [0.25, 0.3) is 5.10 Å². The van der Waals surface area contributed by atoms with Gasteiger partial charge in [0.1, 0.15) is 11.3 Å². The van der Waals surface area contributed by atoms with Crippen molar-refractivity contribution >= 4 is 5.84 Å². The summed E-state index contributed by atoms with van der Waals surface area (Å²) in [6.07, 6.45) is 0.462. The van der Waals surface area contributed by atoms with Gasteiger partial charge in [-0.15, -0.1) is 5.01 Å². The van der Waals surface area contributed by atoms with E-state index in [2.05, 4.69) is 5.10 Å². The zero-order chi connectivity index (χ0) is 6.85. The fourth-order valence-corrected chi connectivity index (χ4v) is 0.687. The normalized spacial score (nSPS) is 17.9. The average Bonchev–Trinajstić information content (AvgIpc) is 2.14. The van der Waals surface area contributed by atoms with Crippen molar-refractivity contribution in [2.75, 3.05) is 13.6 Å². The Kier molecular flexibility index (Phi) is 1.33. The Morgan fingerprint density at radius 2 is 2.56 bits per heavy atom. The third-order valence-electron chi connectivity index (χ3n) is 1.16. The maximum Gasteiger partial charge on any atom is 0.570 e. The first-order valence-electron chi connectivity index (χ1n) is 2.63. The van der Waals surface area contributed by atoms with Crippen LogP contribution < -0.4 is 5.10 Å². The fraction of sp³-hybridized carbons (Fsp3) is 0.750. The topological polar surface area (TPSA) is 60.5 Å². The van der Waals surface area contributed by atoms with Crippen LogP contribution in [-0.2, 0) is 0 Å². The first-order valence-corrected chi connectivity index (χ1v) is 2.63. The van der Waals surface area contributed by atoms with Gasteiger partial charge < -0.3 is 0 Å². The molecule has 1 rings (SSSR count). The SMILES string of the molecule is CN1CCC([N+](=O)[O-])=[N+]1. The van der Waals surface area contributed by atoms with E-state index in [1.165, 1.54) is 0 Å². The van der Waals surface area contributed by atoms with Crippen molar-refractivity contribution in [2.45, 2.75) is 6.42 Å². The van der Waals surface area contributed by atoms with Crippen LogP contribution in [0.2, 0.25) is 0 Å². The van der Waals surface area contributed by atoms with Crippen molar-refractivity contribution in [1.29, 1.82) is 0 Å². The molecule has 5 heteroatoms. The lowest BCUT2D eigenvalue weighted by molar-refractivity contribution is -0.353. The molecule has 0 spiro atoms. The van der Waals surface area contributed by atoms with E-state index in [0.717, 1.165) is 0 Å². The second-order valence-electron chi connectivity index (χ2n) is 1.90. The molecule has 5 nitrogen and oxygen atoms in total. The lowest BCUT2D eigenvalue weighted by Gasteiger charge is -1.83. The van der Waals surface area contributed by atoms with Gasteiger partial charge in [-0.05, 0) is 0 Å². The highest BCUT2D eigenvalue weighted by atomic mass is 16.6. The van der Waals surface area contributed by atoms with Crippen LogP contribution in [-0.4, -0.2) is 29.4 Å². The molecule has 1 aliphatic heterocycles. The minimum Gasteiger partial charge on any atom is -0.253 e. The predicted molar refractivity (Wildman–Crippen MR) is 31.4 cm³/mol. The van der Waals surface area contributed by atoms with Crippen molar-refractivity contribution in [2.24, 2.45) is 0 Å². The van der Waals surface area contributed by atoms with Gasteiger partial charge in [0, 0.05) is 0 Å². The molecule has 1 radical (unpaired) electrons. The van der Waals surface area contributed by atoms with E-state index in [0.29, 0.717) is 13.0 Å². The monoisotopic (exact) mass is 129 g/mol. The molecule has 1 aliphatic rings. The lowest BCUT2D eigenvalue weighted by Crippen LogP contribution is -2.17. The van der Waals surface area contributed by atoms with Gasteiger partial charge in [0.2, 0.25) is 0 Å². The van der Waals surface area contributed by atoms with Gasteiger partial charge in [-0.3, -0.25) is 10.1 Å². The first kappa shape index (κ1) is 6.00. The molecule has 0 saturated carbocycles. The Morgan fingerprint density at radius 3 is 2.78 bits per heavy atom. The third kappa shape index (κ3) is 1.16. The molecule has 0 unspecified atom stereocenters. The summed E-state index contributed by atoms with van der Waals surface area (Å²) in [5.41, 5.74) is 0. The van der Waals surface area contributed by atoms with Gasteiger partial charge >= 0.3 is 5.84 Å². The highest BCUT2D eigenvalue weighted by Gasteiger charge is 2.35. The van der Waals surface area contributed by atoms with Crippen LogP contribution in [0.15, 0.2) is 0 Å². The Morgan fingerprint density at radius 1 is 1.89 bits per heavy atom. The molecule has 9 heavy (non-hydrogen) atoms. The average molecular weight is 129 g/mol. The molecule has 0 aliphatic carbocycles. The number of rotatable bonds is 0. The van der Waals surface area contributed by atoms with Gasteiger partial charge in [-0.2, -0.15) is 0 Å². The van der Waals surface area contributed by atoms with Crippen molar-refractivity contribution in [1.82, 2.24) is 10.1 Å². The lowest BCUT2D eigenvalue weighted by atomic mass is 10.4. The molecular formula is C4H7N3O2+. The molecule has 0 fully saturated rings. The van der Waals surface area contributed by atoms with E-state index in [1.807, 2.05) is 0 Å². The van der Waals surface area contributed by atoms with Crippen molar-refractivity contribution < 1.29 is 4.92 Å². The summed E-state index contributed by atoms with van der Waals surface area (Å²) in [5.74, 6) is 0.0671. The number of amidine groups is 1. The molecule has 0 bridgehead atoms. The van der Waals surface area contributed by atoms with Crippen LogP contribution in [0.4, 0.5) is 0 Å². The largest absolute Gasteiger partial charge is 0.570 e. The second kappa shape index (κ2) is 2.00. The second-order valence-corrected chi connectivity index (χ2v) is 1.90. The highest BCUT2D eigenvalue weighted by molar-refractivity contribution is 5.73. The van der Waals surface area contributed by atoms with E-state index in [1.54, 1.807) is 12.1 Å². The summed E-state index contributed by atoms with van der Waals surface area (Å²) in [5, 5.41) is 15.2. The van der Waals surface area contributed by atoms with Crippen molar-refractivity contribution in [3.05, 3.63) is 10.1 Å². The van der Waals surface area contributed by atoms with Crippen LogP contribution >= 0.6 is 0 Å². The van der Waals surface area contributed by atoms with Crippen LogP contribution in [0.25, 0.3) is 0 Å². The van der Waals surface area contributed by atoms with Crippen LogP contribution in [0.1, 0.15) is 6.42 Å². The van der Waals surface area contributed by atoms with E-state index in [-0.39, 0.29) is 5.84 Å². The smallest absolute Gasteiger partial charge is 0.253 e. The van der Waals surface area contributed by atoms with Crippen LogP contribution in [0.5, 0.6) is 0 Å². The molecule has 0 aromatic rings. The third-order valence-corrected chi connectivity index (χ3v) is 1.16. The molecule has 0 aromatic heterocycles. The molecule has 0 N–H and O–H groups in total. The molecule has 0 atom stereocenters. The van der Waals surface area contributed by atoms with E-state index < -0.39 is 4.92 Å². The molecule has 0 saturated heterocycles. The van der Waals surface area contributed by atoms with Crippen LogP contribution in [0.3, 0.4) is 0 Å². The Bertz CT molecular complexity index is 165. The van der Waals surface area contributed by atoms with Crippen LogP contribution in [0, 0.1) is 10.1 Å². The van der Waals surface area contributed by atoms with Gasteiger partial charge in [-0.25, -0.2) is 0 Å². The zero-order valence-electron chi connectivity index (χ0n) is 5.07. The maximum absolute atomic E-state index is 10.00. The van der Waals surface area contributed by atoms with Gasteiger partial charge in [0.15, 0.2) is 0 Å². The summed E-state index contributed by atoms with van der Waals surface area (Å²) >= 11 is 0. The zero-order valence-corrected chi connectivity index (χ0v) is 5.07. The molecule has 0 amide bonds. The molecule has 1 heterocycles. The molecule has 0 aromatic carbocycles. The highest BCUT2D eigenvalue weighted by Crippen LogP contribution is 1.94. The summed E-state index contributed by atoms with van der Waals surface area (Å²) in [4.78, 5) is 9.55.